The zero-order valence-corrected chi connectivity index (χ0v) is 18.4. The standard InChI is InChI=1S/C23H21ClN2O4S/c1-30-21-12-10-18(24)14-22(21)31(28,29)26-13-5-8-16-9-11-19(15-20(16)26)25-23(27)17-6-3-2-4-7-17/h2-4,6-7,9-12,14-15H,5,8,13H2,1H3,(H,25,27). The van der Waals surface area contributed by atoms with Crippen LogP contribution >= 0.6 is 11.6 Å². The Morgan fingerprint density at radius 2 is 1.84 bits per heavy atom. The van der Waals surface area contributed by atoms with Gasteiger partial charge < -0.3 is 10.1 Å². The number of fused-ring (bicyclic) bond motifs is 1. The van der Waals surface area contributed by atoms with Crippen LogP contribution < -0.4 is 14.4 Å². The van der Waals surface area contributed by atoms with Gasteiger partial charge in [0.1, 0.15) is 10.6 Å². The topological polar surface area (TPSA) is 75.7 Å². The second kappa shape index (κ2) is 8.61. The summed E-state index contributed by atoms with van der Waals surface area (Å²) in [6.07, 6.45) is 1.44. The smallest absolute Gasteiger partial charge is 0.268 e. The molecular weight excluding hydrogens is 436 g/mol. The number of benzene rings is 3. The SMILES string of the molecule is COc1ccc(Cl)cc1S(=O)(=O)N1CCCc2ccc(NC(=O)c3ccccc3)cc21. The van der Waals surface area contributed by atoms with Crippen LogP contribution in [-0.4, -0.2) is 28.0 Å². The molecule has 0 fully saturated rings. The normalized spacial score (nSPS) is 13.4. The predicted molar refractivity (Wildman–Crippen MR) is 122 cm³/mol. The summed E-state index contributed by atoms with van der Waals surface area (Å²) in [5.41, 5.74) is 2.48. The second-order valence-electron chi connectivity index (χ2n) is 7.14. The van der Waals surface area contributed by atoms with Gasteiger partial charge in [0.25, 0.3) is 15.9 Å². The lowest BCUT2D eigenvalue weighted by Gasteiger charge is -2.31. The summed E-state index contributed by atoms with van der Waals surface area (Å²) in [5.74, 6) is -0.0349. The summed E-state index contributed by atoms with van der Waals surface area (Å²) in [6, 6.07) is 18.7. The number of nitrogens with one attached hydrogen (secondary N) is 1. The highest BCUT2D eigenvalue weighted by atomic mass is 35.5. The molecule has 1 aliphatic heterocycles. The van der Waals surface area contributed by atoms with Gasteiger partial charge in [-0.1, -0.05) is 35.9 Å². The highest BCUT2D eigenvalue weighted by molar-refractivity contribution is 7.93. The van der Waals surface area contributed by atoms with Crippen molar-refractivity contribution >= 4 is 38.9 Å². The van der Waals surface area contributed by atoms with Gasteiger partial charge in [0.2, 0.25) is 0 Å². The first-order valence-corrected chi connectivity index (χ1v) is 11.6. The van der Waals surface area contributed by atoms with Crippen molar-refractivity contribution < 1.29 is 17.9 Å². The van der Waals surface area contributed by atoms with Gasteiger partial charge in [-0.2, -0.15) is 0 Å². The molecule has 0 radical (unpaired) electrons. The lowest BCUT2D eigenvalue weighted by molar-refractivity contribution is 0.102. The summed E-state index contributed by atoms with van der Waals surface area (Å²) in [7, 11) is -2.51. The molecule has 8 heteroatoms. The zero-order chi connectivity index (χ0) is 22.0. The van der Waals surface area contributed by atoms with E-state index < -0.39 is 10.0 Å². The van der Waals surface area contributed by atoms with Crippen LogP contribution in [0.15, 0.2) is 71.6 Å². The molecule has 0 spiro atoms. The van der Waals surface area contributed by atoms with E-state index in [1.807, 2.05) is 12.1 Å². The van der Waals surface area contributed by atoms with Gasteiger partial charge in [-0.05, 0) is 60.9 Å². The van der Waals surface area contributed by atoms with Gasteiger partial charge in [0.15, 0.2) is 0 Å². The van der Waals surface area contributed by atoms with E-state index in [9.17, 15) is 13.2 Å². The zero-order valence-electron chi connectivity index (χ0n) is 16.8. The van der Waals surface area contributed by atoms with Crippen molar-refractivity contribution in [3.8, 4) is 5.75 Å². The first-order valence-electron chi connectivity index (χ1n) is 9.76. The van der Waals surface area contributed by atoms with Crippen molar-refractivity contribution in [2.24, 2.45) is 0 Å². The van der Waals surface area contributed by atoms with Crippen molar-refractivity contribution in [3.63, 3.8) is 0 Å². The van der Waals surface area contributed by atoms with Crippen molar-refractivity contribution in [3.05, 3.63) is 82.9 Å². The van der Waals surface area contributed by atoms with Gasteiger partial charge in [-0.25, -0.2) is 8.42 Å². The van der Waals surface area contributed by atoms with Crippen LogP contribution in [0.2, 0.25) is 5.02 Å². The minimum absolute atomic E-state index is 0.00840. The molecule has 3 aromatic carbocycles. The van der Waals surface area contributed by atoms with E-state index in [4.69, 9.17) is 16.3 Å². The maximum absolute atomic E-state index is 13.5. The number of rotatable bonds is 5. The molecule has 0 atom stereocenters. The van der Waals surface area contributed by atoms with Crippen LogP contribution in [0.5, 0.6) is 5.75 Å². The molecule has 1 heterocycles. The van der Waals surface area contributed by atoms with E-state index in [1.165, 1.54) is 23.5 Å². The Morgan fingerprint density at radius 1 is 1.06 bits per heavy atom. The summed E-state index contributed by atoms with van der Waals surface area (Å²) in [4.78, 5) is 12.5. The second-order valence-corrected chi connectivity index (χ2v) is 9.41. The molecule has 4 rings (SSSR count). The molecule has 31 heavy (non-hydrogen) atoms. The van der Waals surface area contributed by atoms with Crippen LogP contribution in [0, 0.1) is 0 Å². The fraction of sp³-hybridized carbons (Fsp3) is 0.174. The molecule has 0 aliphatic carbocycles. The third kappa shape index (κ3) is 4.24. The molecule has 6 nitrogen and oxygen atoms in total. The average molecular weight is 457 g/mol. The number of anilines is 2. The Bertz CT molecular complexity index is 1230. The molecule has 0 unspecified atom stereocenters. The first kappa shape index (κ1) is 21.2. The molecule has 1 N–H and O–H groups in total. The maximum Gasteiger partial charge on any atom is 0.268 e. The minimum Gasteiger partial charge on any atom is -0.495 e. The molecule has 1 aliphatic rings. The van der Waals surface area contributed by atoms with Crippen molar-refractivity contribution in [2.75, 3.05) is 23.3 Å². The molecule has 1 amide bonds. The number of carbonyl (C=O) groups excluding carboxylic acids is 1. The number of hydrogen-bond donors (Lipinski definition) is 1. The van der Waals surface area contributed by atoms with Gasteiger partial charge in [0, 0.05) is 22.8 Å². The highest BCUT2D eigenvalue weighted by Crippen LogP contribution is 2.37. The summed E-state index contributed by atoms with van der Waals surface area (Å²) < 4.78 is 33.7. The van der Waals surface area contributed by atoms with E-state index in [-0.39, 0.29) is 16.6 Å². The van der Waals surface area contributed by atoms with Gasteiger partial charge in [-0.15, -0.1) is 0 Å². The van der Waals surface area contributed by atoms with Gasteiger partial charge in [0.05, 0.1) is 12.8 Å². The molecule has 0 aromatic heterocycles. The van der Waals surface area contributed by atoms with Crippen LogP contribution in [0.3, 0.4) is 0 Å². The number of aryl methyl sites for hydroxylation is 1. The number of ether oxygens (including phenoxy) is 1. The summed E-state index contributed by atoms with van der Waals surface area (Å²) in [5, 5.41) is 3.15. The third-order valence-corrected chi connectivity index (χ3v) is 7.22. The van der Waals surface area contributed by atoms with E-state index in [0.29, 0.717) is 34.9 Å². The number of nitrogens with zero attached hydrogens (tertiary/aromatic N) is 1. The van der Waals surface area contributed by atoms with Crippen LogP contribution in [0.1, 0.15) is 22.3 Å². The Balaban J connectivity index is 1.71. The molecule has 3 aromatic rings. The number of carbonyl (C=O) groups is 1. The predicted octanol–water partition coefficient (Wildman–Crippen LogP) is 4.74. The molecule has 0 bridgehead atoms. The number of hydrogen-bond acceptors (Lipinski definition) is 4. The summed E-state index contributed by atoms with van der Waals surface area (Å²) in [6.45, 7) is 0.321. The van der Waals surface area contributed by atoms with E-state index in [1.54, 1.807) is 42.5 Å². The quantitative estimate of drug-likeness (QED) is 0.601. The monoisotopic (exact) mass is 456 g/mol. The van der Waals surface area contributed by atoms with Gasteiger partial charge in [-0.3, -0.25) is 9.10 Å². The van der Waals surface area contributed by atoms with E-state index in [0.717, 1.165) is 12.0 Å². The first-order chi connectivity index (χ1) is 14.9. The average Bonchev–Trinajstić information content (AvgIpc) is 2.79. The largest absolute Gasteiger partial charge is 0.495 e. The summed E-state index contributed by atoms with van der Waals surface area (Å²) >= 11 is 6.07. The highest BCUT2D eigenvalue weighted by Gasteiger charge is 2.32. The fourth-order valence-electron chi connectivity index (χ4n) is 3.63. The number of amides is 1. The Labute approximate surface area is 186 Å². The molecular formula is C23H21ClN2O4S. The van der Waals surface area contributed by atoms with Crippen molar-refractivity contribution in [2.45, 2.75) is 17.7 Å². The van der Waals surface area contributed by atoms with Crippen LogP contribution in [0.25, 0.3) is 0 Å². The fourth-order valence-corrected chi connectivity index (χ4v) is 5.59. The van der Waals surface area contributed by atoms with E-state index in [2.05, 4.69) is 5.32 Å². The minimum atomic E-state index is -3.93. The molecule has 0 saturated heterocycles. The number of sulfonamides is 1. The third-order valence-electron chi connectivity index (χ3n) is 5.15. The Morgan fingerprint density at radius 3 is 2.58 bits per heavy atom. The van der Waals surface area contributed by atoms with Crippen LogP contribution in [0.4, 0.5) is 11.4 Å². The molecule has 0 saturated carbocycles. The van der Waals surface area contributed by atoms with E-state index >= 15 is 0 Å². The Hall–Kier alpha value is -3.03. The van der Waals surface area contributed by atoms with Crippen molar-refractivity contribution in [1.29, 1.82) is 0 Å². The lowest BCUT2D eigenvalue weighted by atomic mass is 10.0. The lowest BCUT2D eigenvalue weighted by Crippen LogP contribution is -2.35. The Kier molecular flexibility index (Phi) is 5.89. The molecule has 160 valence electrons. The number of methoxy groups -OCH3 is 1. The van der Waals surface area contributed by atoms with Gasteiger partial charge >= 0.3 is 0 Å². The number of halogens is 1. The van der Waals surface area contributed by atoms with Crippen molar-refractivity contribution in [1.82, 2.24) is 0 Å². The maximum atomic E-state index is 13.5. The van der Waals surface area contributed by atoms with Crippen LogP contribution in [-0.2, 0) is 16.4 Å².